The summed E-state index contributed by atoms with van der Waals surface area (Å²) in [5, 5.41) is 8.83. The Labute approximate surface area is 113 Å². The summed E-state index contributed by atoms with van der Waals surface area (Å²) in [6.45, 7) is 0. The van der Waals surface area contributed by atoms with E-state index in [2.05, 4.69) is 15.9 Å². The van der Waals surface area contributed by atoms with Crippen molar-refractivity contribution < 1.29 is 23.1 Å². The highest BCUT2D eigenvalue weighted by Gasteiger charge is 2.23. The Morgan fingerprint density at radius 1 is 1.50 bits per heavy atom. The fourth-order valence-corrected chi connectivity index (χ4v) is 3.04. The Morgan fingerprint density at radius 3 is 2.44 bits per heavy atom. The molecule has 0 saturated heterocycles. The molecule has 0 aromatic heterocycles. The van der Waals surface area contributed by atoms with Crippen molar-refractivity contribution in [3.63, 3.8) is 0 Å². The molecule has 0 aliphatic rings. The SMILES string of the molecule is COc1c(Br)cc(C(N)C(=O)O)cc1S(C)(=O)=O. The molecule has 0 bridgehead atoms. The van der Waals surface area contributed by atoms with E-state index in [9.17, 15) is 13.2 Å². The normalized spacial score (nSPS) is 13.1. The van der Waals surface area contributed by atoms with Crippen LogP contribution >= 0.6 is 15.9 Å². The number of rotatable bonds is 4. The van der Waals surface area contributed by atoms with Crippen LogP contribution in [0.5, 0.6) is 5.75 Å². The third-order valence-corrected chi connectivity index (χ3v) is 3.95. The molecule has 0 saturated carbocycles. The fraction of sp³-hybridized carbons (Fsp3) is 0.300. The molecule has 0 spiro atoms. The molecule has 0 radical (unpaired) electrons. The standard InChI is InChI=1S/C10H12BrNO5S/c1-17-9-6(11)3-5(8(12)10(13)14)4-7(9)18(2,15)16/h3-4,8H,12H2,1-2H3,(H,13,14). The minimum atomic E-state index is -3.55. The molecule has 6 nitrogen and oxygen atoms in total. The molecule has 1 atom stereocenters. The summed E-state index contributed by atoms with van der Waals surface area (Å²) in [6, 6.07) is 1.33. The number of benzene rings is 1. The summed E-state index contributed by atoms with van der Waals surface area (Å²) in [6.07, 6.45) is 1.01. The lowest BCUT2D eigenvalue weighted by Gasteiger charge is -2.13. The van der Waals surface area contributed by atoms with Crippen molar-refractivity contribution in [1.82, 2.24) is 0 Å². The predicted octanol–water partition coefficient (Wildman–Crippen LogP) is 0.946. The fourth-order valence-electron chi connectivity index (χ4n) is 1.38. The van der Waals surface area contributed by atoms with Gasteiger partial charge in [0.1, 0.15) is 10.9 Å². The average molecular weight is 338 g/mol. The number of halogens is 1. The van der Waals surface area contributed by atoms with E-state index >= 15 is 0 Å². The van der Waals surface area contributed by atoms with Gasteiger partial charge in [0.15, 0.2) is 15.6 Å². The van der Waals surface area contributed by atoms with Gasteiger partial charge in [-0.05, 0) is 33.6 Å². The van der Waals surface area contributed by atoms with E-state index in [-0.39, 0.29) is 16.2 Å². The molecule has 0 heterocycles. The maximum absolute atomic E-state index is 11.6. The van der Waals surface area contributed by atoms with Crippen LogP contribution in [-0.4, -0.2) is 32.9 Å². The largest absolute Gasteiger partial charge is 0.494 e. The zero-order valence-corrected chi connectivity index (χ0v) is 12.1. The Bertz CT molecular complexity index is 584. The second-order valence-electron chi connectivity index (χ2n) is 3.62. The van der Waals surface area contributed by atoms with Gasteiger partial charge >= 0.3 is 5.97 Å². The quantitative estimate of drug-likeness (QED) is 0.846. The maximum atomic E-state index is 11.6. The Hall–Kier alpha value is -1.12. The number of aliphatic carboxylic acids is 1. The highest BCUT2D eigenvalue weighted by molar-refractivity contribution is 9.10. The van der Waals surface area contributed by atoms with Gasteiger partial charge in [-0.25, -0.2) is 8.42 Å². The Balaban J connectivity index is 3.55. The molecule has 1 aromatic rings. The molecule has 100 valence electrons. The molecule has 1 rings (SSSR count). The number of ether oxygens (including phenoxy) is 1. The zero-order chi connectivity index (χ0) is 14.1. The first-order valence-corrected chi connectivity index (χ1v) is 7.42. The number of nitrogens with two attached hydrogens (primary N) is 1. The van der Waals surface area contributed by atoms with Gasteiger partial charge in [0.05, 0.1) is 11.6 Å². The lowest BCUT2D eigenvalue weighted by molar-refractivity contribution is -0.138. The second-order valence-corrected chi connectivity index (χ2v) is 6.46. The van der Waals surface area contributed by atoms with Crippen LogP contribution in [0.3, 0.4) is 0 Å². The van der Waals surface area contributed by atoms with Crippen LogP contribution in [0.2, 0.25) is 0 Å². The van der Waals surface area contributed by atoms with Crippen molar-refractivity contribution in [2.45, 2.75) is 10.9 Å². The number of methoxy groups -OCH3 is 1. The predicted molar refractivity (Wildman–Crippen MR) is 68.4 cm³/mol. The maximum Gasteiger partial charge on any atom is 0.325 e. The molecule has 0 aliphatic carbocycles. The molecule has 8 heteroatoms. The third-order valence-electron chi connectivity index (χ3n) is 2.26. The smallest absolute Gasteiger partial charge is 0.325 e. The summed E-state index contributed by atoms with van der Waals surface area (Å²) >= 11 is 3.13. The van der Waals surface area contributed by atoms with Crippen molar-refractivity contribution in [2.24, 2.45) is 5.73 Å². The van der Waals surface area contributed by atoms with Gasteiger partial charge in [0.25, 0.3) is 0 Å². The van der Waals surface area contributed by atoms with Crippen molar-refractivity contribution in [1.29, 1.82) is 0 Å². The lowest BCUT2D eigenvalue weighted by atomic mass is 10.1. The monoisotopic (exact) mass is 337 g/mol. The number of carboxylic acids is 1. The summed E-state index contributed by atoms with van der Waals surface area (Å²) in [7, 11) is -2.23. The van der Waals surface area contributed by atoms with Crippen molar-refractivity contribution in [3.8, 4) is 5.75 Å². The van der Waals surface area contributed by atoms with Gasteiger partial charge in [0.2, 0.25) is 0 Å². The van der Waals surface area contributed by atoms with E-state index in [0.29, 0.717) is 4.47 Å². The van der Waals surface area contributed by atoms with Crippen LogP contribution in [0.1, 0.15) is 11.6 Å². The first-order valence-electron chi connectivity index (χ1n) is 4.74. The second kappa shape index (κ2) is 5.25. The summed E-state index contributed by atoms with van der Waals surface area (Å²) in [5.41, 5.74) is 5.63. The van der Waals surface area contributed by atoms with Crippen molar-refractivity contribution in [2.75, 3.05) is 13.4 Å². The summed E-state index contributed by atoms with van der Waals surface area (Å²) in [5.74, 6) is -1.12. The lowest BCUT2D eigenvalue weighted by Crippen LogP contribution is -2.21. The number of hydrogen-bond acceptors (Lipinski definition) is 5. The van der Waals surface area contributed by atoms with Crippen LogP contribution in [0.15, 0.2) is 21.5 Å². The highest BCUT2D eigenvalue weighted by Crippen LogP contribution is 2.35. The third kappa shape index (κ3) is 3.01. The van der Waals surface area contributed by atoms with E-state index < -0.39 is 21.8 Å². The van der Waals surface area contributed by atoms with E-state index in [1.807, 2.05) is 0 Å². The first-order chi connectivity index (χ1) is 8.18. The Kier molecular flexibility index (Phi) is 4.36. The van der Waals surface area contributed by atoms with Gasteiger partial charge in [0, 0.05) is 6.26 Å². The van der Waals surface area contributed by atoms with Crippen molar-refractivity contribution >= 4 is 31.7 Å². The van der Waals surface area contributed by atoms with Crippen LogP contribution in [0, 0.1) is 0 Å². The van der Waals surface area contributed by atoms with E-state index in [1.165, 1.54) is 19.2 Å². The number of sulfone groups is 1. The molecule has 0 amide bonds. The minimum absolute atomic E-state index is 0.105. The topological polar surface area (TPSA) is 107 Å². The molecule has 0 aliphatic heterocycles. The van der Waals surface area contributed by atoms with E-state index in [4.69, 9.17) is 15.6 Å². The number of hydrogen-bond donors (Lipinski definition) is 2. The van der Waals surface area contributed by atoms with Crippen LogP contribution in [0.25, 0.3) is 0 Å². The highest BCUT2D eigenvalue weighted by atomic mass is 79.9. The minimum Gasteiger partial charge on any atom is -0.494 e. The van der Waals surface area contributed by atoms with E-state index in [0.717, 1.165) is 6.26 Å². The summed E-state index contributed by atoms with van der Waals surface area (Å²) in [4.78, 5) is 10.7. The Morgan fingerprint density at radius 2 is 2.06 bits per heavy atom. The van der Waals surface area contributed by atoms with E-state index in [1.54, 1.807) is 0 Å². The average Bonchev–Trinajstić information content (AvgIpc) is 2.25. The van der Waals surface area contributed by atoms with Gasteiger partial charge < -0.3 is 15.6 Å². The van der Waals surface area contributed by atoms with Crippen LogP contribution < -0.4 is 10.5 Å². The van der Waals surface area contributed by atoms with Crippen LogP contribution in [0.4, 0.5) is 0 Å². The van der Waals surface area contributed by atoms with Crippen LogP contribution in [-0.2, 0) is 14.6 Å². The first kappa shape index (κ1) is 14.9. The van der Waals surface area contributed by atoms with Gasteiger partial charge in [-0.1, -0.05) is 0 Å². The molecule has 0 fully saturated rings. The molecule has 18 heavy (non-hydrogen) atoms. The summed E-state index contributed by atoms with van der Waals surface area (Å²) < 4.78 is 28.6. The molecule has 1 unspecified atom stereocenters. The molecule has 3 N–H and O–H groups in total. The van der Waals surface area contributed by atoms with Gasteiger partial charge in [-0.15, -0.1) is 0 Å². The van der Waals surface area contributed by atoms with Gasteiger partial charge in [-0.3, -0.25) is 4.79 Å². The number of carbonyl (C=O) groups is 1. The number of carboxylic acid groups (broad SMARTS) is 1. The van der Waals surface area contributed by atoms with Gasteiger partial charge in [-0.2, -0.15) is 0 Å². The molecular formula is C10H12BrNO5S. The van der Waals surface area contributed by atoms with Crippen molar-refractivity contribution in [3.05, 3.63) is 22.2 Å². The molecular weight excluding hydrogens is 326 g/mol. The zero-order valence-electron chi connectivity index (χ0n) is 9.68. The molecule has 1 aromatic carbocycles.